The maximum atomic E-state index is 6.40. The highest BCUT2D eigenvalue weighted by molar-refractivity contribution is 6.02. The first-order valence-electron chi connectivity index (χ1n) is 14.1. The fourth-order valence-corrected chi connectivity index (χ4v) is 6.35. The highest BCUT2D eigenvalue weighted by atomic mass is 16.5. The summed E-state index contributed by atoms with van der Waals surface area (Å²) in [6.45, 7) is 0. The minimum atomic E-state index is 0.624. The molecule has 44 heavy (non-hydrogen) atoms. The highest BCUT2D eigenvalue weighted by Gasteiger charge is 2.33. The van der Waals surface area contributed by atoms with Crippen LogP contribution in [0.1, 0.15) is 0 Å². The largest absolute Gasteiger partial charge is 0.453 e. The molecule has 0 aliphatic carbocycles. The van der Waals surface area contributed by atoms with Crippen molar-refractivity contribution in [2.75, 3.05) is 9.80 Å². The van der Waals surface area contributed by atoms with E-state index in [9.17, 15) is 0 Å². The van der Waals surface area contributed by atoms with Crippen molar-refractivity contribution in [2.45, 2.75) is 0 Å². The maximum absolute atomic E-state index is 6.40. The van der Waals surface area contributed by atoms with Crippen molar-refractivity contribution < 1.29 is 9.47 Å². The molecule has 10 rings (SSSR count). The molecule has 0 atom stereocenters. The summed E-state index contributed by atoms with van der Waals surface area (Å²) in [5.41, 5.74) is 8.58. The fourth-order valence-electron chi connectivity index (χ4n) is 6.35. The summed E-state index contributed by atoms with van der Waals surface area (Å²) in [4.78, 5) is 4.52. The first-order chi connectivity index (χ1) is 21.8. The van der Waals surface area contributed by atoms with E-state index in [0.29, 0.717) is 11.3 Å². The predicted molar refractivity (Wildman–Crippen MR) is 167 cm³/mol. The summed E-state index contributed by atoms with van der Waals surface area (Å²) in [5, 5.41) is 17.2. The van der Waals surface area contributed by atoms with E-state index in [1.807, 2.05) is 81.6 Å². The van der Waals surface area contributed by atoms with Crippen molar-refractivity contribution >= 4 is 56.5 Å². The molecule has 2 aliphatic heterocycles. The second kappa shape index (κ2) is 8.55. The summed E-state index contributed by atoms with van der Waals surface area (Å²) in [6, 6.07) is 36.8. The van der Waals surface area contributed by atoms with E-state index >= 15 is 0 Å². The fraction of sp³-hybridized carbons (Fsp3) is 0. The Balaban J connectivity index is 1.38. The molecule has 0 unspecified atom stereocenters. The number of rotatable bonds is 2. The van der Waals surface area contributed by atoms with E-state index in [2.05, 4.69) is 66.6 Å². The molecule has 5 aromatic carbocycles. The second-order valence-electron chi connectivity index (χ2n) is 10.6. The molecule has 0 saturated carbocycles. The lowest BCUT2D eigenvalue weighted by molar-refractivity contribution is 0.476. The molecule has 3 aromatic heterocycles. The van der Waals surface area contributed by atoms with Crippen LogP contribution in [0, 0.1) is 0 Å². The number of anilines is 6. The van der Waals surface area contributed by atoms with Crippen molar-refractivity contribution in [1.82, 2.24) is 29.2 Å². The monoisotopic (exact) mass is 572 g/mol. The van der Waals surface area contributed by atoms with Gasteiger partial charge < -0.3 is 19.3 Å². The summed E-state index contributed by atoms with van der Waals surface area (Å²) >= 11 is 0. The van der Waals surface area contributed by atoms with Gasteiger partial charge in [-0.25, -0.2) is 0 Å². The minimum absolute atomic E-state index is 0.624. The summed E-state index contributed by atoms with van der Waals surface area (Å²) in [5.74, 6) is 3.07. The number of fused-ring (bicyclic) bond motifs is 10. The SMILES string of the molecule is c1ccc2c(c1)Oc1ccccc1N2c1cc2c(cc1N1c3ccccc3Oc3ccccc31)n1cnnc1c1nncn21. The van der Waals surface area contributed by atoms with Crippen LogP contribution in [0.3, 0.4) is 0 Å². The Morgan fingerprint density at radius 2 is 0.750 bits per heavy atom. The minimum Gasteiger partial charge on any atom is -0.453 e. The number of ether oxygens (including phenoxy) is 2. The lowest BCUT2D eigenvalue weighted by atomic mass is 10.1. The van der Waals surface area contributed by atoms with Gasteiger partial charge in [-0.2, -0.15) is 0 Å². The molecule has 0 fully saturated rings. The van der Waals surface area contributed by atoms with Gasteiger partial charge in [0.25, 0.3) is 0 Å². The average Bonchev–Trinajstić information content (AvgIpc) is 3.76. The molecule has 8 aromatic rings. The molecule has 10 nitrogen and oxygen atoms in total. The third-order valence-corrected chi connectivity index (χ3v) is 8.23. The number of hydrogen-bond donors (Lipinski definition) is 0. The van der Waals surface area contributed by atoms with Crippen molar-refractivity contribution in [3.05, 3.63) is 122 Å². The van der Waals surface area contributed by atoms with E-state index < -0.39 is 0 Å². The summed E-state index contributed by atoms with van der Waals surface area (Å²) < 4.78 is 16.7. The molecule has 0 bridgehead atoms. The van der Waals surface area contributed by atoms with Crippen molar-refractivity contribution in [1.29, 1.82) is 0 Å². The van der Waals surface area contributed by atoms with E-state index in [4.69, 9.17) is 9.47 Å². The number of para-hydroxylation sites is 8. The van der Waals surface area contributed by atoms with Crippen LogP contribution in [0.2, 0.25) is 0 Å². The van der Waals surface area contributed by atoms with Crippen LogP contribution >= 0.6 is 0 Å². The number of hydrogen-bond acceptors (Lipinski definition) is 8. The molecule has 2 aliphatic rings. The predicted octanol–water partition coefficient (Wildman–Crippen LogP) is 8.08. The topological polar surface area (TPSA) is 85.3 Å². The first-order valence-corrected chi connectivity index (χ1v) is 14.1. The molecule has 208 valence electrons. The summed E-state index contributed by atoms with van der Waals surface area (Å²) in [7, 11) is 0. The quantitative estimate of drug-likeness (QED) is 0.206. The number of nitrogens with zero attached hydrogens (tertiary/aromatic N) is 8. The molecule has 0 N–H and O–H groups in total. The van der Waals surface area contributed by atoms with Gasteiger partial charge >= 0.3 is 0 Å². The van der Waals surface area contributed by atoms with Crippen LogP contribution in [-0.2, 0) is 0 Å². The Bertz CT molecular complexity index is 2190. The molecular formula is C34H20N8O2. The van der Waals surface area contributed by atoms with Crippen LogP contribution in [0.5, 0.6) is 23.0 Å². The molecule has 0 saturated heterocycles. The average molecular weight is 573 g/mol. The van der Waals surface area contributed by atoms with Gasteiger partial charge in [0.1, 0.15) is 12.7 Å². The van der Waals surface area contributed by atoms with Crippen LogP contribution in [0.4, 0.5) is 34.1 Å². The van der Waals surface area contributed by atoms with Gasteiger partial charge in [0.05, 0.1) is 45.2 Å². The van der Waals surface area contributed by atoms with E-state index in [1.54, 1.807) is 12.7 Å². The number of benzene rings is 5. The maximum Gasteiger partial charge on any atom is 0.206 e. The van der Waals surface area contributed by atoms with Gasteiger partial charge in [-0.3, -0.25) is 8.80 Å². The zero-order valence-electron chi connectivity index (χ0n) is 22.9. The van der Waals surface area contributed by atoms with Crippen LogP contribution in [0.15, 0.2) is 122 Å². The lowest BCUT2D eigenvalue weighted by Crippen LogP contribution is -2.21. The van der Waals surface area contributed by atoms with Gasteiger partial charge in [0.15, 0.2) is 23.0 Å². The molecule has 0 amide bonds. The normalized spacial score (nSPS) is 13.3. The molecular weight excluding hydrogens is 552 g/mol. The Kier molecular flexibility index (Phi) is 4.51. The molecule has 10 heteroatoms. The van der Waals surface area contributed by atoms with E-state index in [0.717, 1.165) is 68.2 Å². The molecule has 0 radical (unpaired) electrons. The van der Waals surface area contributed by atoms with Crippen LogP contribution in [-0.4, -0.2) is 29.2 Å². The van der Waals surface area contributed by atoms with Crippen molar-refractivity contribution in [2.24, 2.45) is 0 Å². The highest BCUT2D eigenvalue weighted by Crippen LogP contribution is 2.57. The third-order valence-electron chi connectivity index (χ3n) is 8.23. The summed E-state index contributed by atoms with van der Waals surface area (Å²) in [6.07, 6.45) is 3.44. The van der Waals surface area contributed by atoms with Crippen LogP contribution in [0.25, 0.3) is 22.3 Å². The van der Waals surface area contributed by atoms with Crippen LogP contribution < -0.4 is 19.3 Å². The van der Waals surface area contributed by atoms with Gasteiger partial charge in [0.2, 0.25) is 11.3 Å². The Hall–Kier alpha value is -6.42. The van der Waals surface area contributed by atoms with Crippen molar-refractivity contribution in [3.63, 3.8) is 0 Å². The zero-order valence-corrected chi connectivity index (χ0v) is 22.9. The smallest absolute Gasteiger partial charge is 0.206 e. The standard InChI is InChI=1S/C34H20N8O2/c1-5-13-29-21(9-1)41(22-10-2-6-14-30(22)43-29)27-17-25-26(40-20-36-38-34(40)33-37-35-19-39(25)33)18-28(27)42-23-11-3-7-15-31(23)44-32-16-8-4-12-24(32)42/h1-20H. The lowest BCUT2D eigenvalue weighted by Gasteiger charge is -2.38. The van der Waals surface area contributed by atoms with Gasteiger partial charge in [-0.15, -0.1) is 20.4 Å². The van der Waals surface area contributed by atoms with Crippen molar-refractivity contribution in [3.8, 4) is 23.0 Å². The van der Waals surface area contributed by atoms with Gasteiger partial charge in [-0.1, -0.05) is 48.5 Å². The Morgan fingerprint density at radius 1 is 0.409 bits per heavy atom. The Labute approximate surface area is 249 Å². The van der Waals surface area contributed by atoms with E-state index in [1.165, 1.54) is 0 Å². The van der Waals surface area contributed by atoms with E-state index in [-0.39, 0.29) is 0 Å². The van der Waals surface area contributed by atoms with Gasteiger partial charge in [0, 0.05) is 0 Å². The second-order valence-corrected chi connectivity index (χ2v) is 10.6. The zero-order chi connectivity index (χ0) is 28.8. The molecule has 0 spiro atoms. The third kappa shape index (κ3) is 3.08. The number of aromatic nitrogens is 6. The first kappa shape index (κ1) is 23.2. The van der Waals surface area contributed by atoms with Gasteiger partial charge in [-0.05, 0) is 60.7 Å². The Morgan fingerprint density at radius 3 is 1.11 bits per heavy atom. The molecule has 5 heterocycles.